The van der Waals surface area contributed by atoms with E-state index in [1.54, 1.807) is 0 Å². The molecule has 0 aromatic heterocycles. The molecule has 1 saturated heterocycles. The summed E-state index contributed by atoms with van der Waals surface area (Å²) >= 11 is 5.76. The van der Waals surface area contributed by atoms with Gasteiger partial charge in [-0.25, -0.2) is 0 Å². The summed E-state index contributed by atoms with van der Waals surface area (Å²) in [5, 5.41) is 0. The first kappa shape index (κ1) is 10.7. The highest BCUT2D eigenvalue weighted by Crippen LogP contribution is 2.41. The van der Waals surface area contributed by atoms with Crippen molar-refractivity contribution in [1.82, 2.24) is 0 Å². The summed E-state index contributed by atoms with van der Waals surface area (Å²) in [5.74, 6) is -0.971. The van der Waals surface area contributed by atoms with E-state index >= 15 is 0 Å². The molecule has 14 heavy (non-hydrogen) atoms. The van der Waals surface area contributed by atoms with Gasteiger partial charge in [0.15, 0.2) is 0 Å². The normalized spacial score (nSPS) is 37.3. The smallest absolute Gasteiger partial charge is 0.215 e. The Bertz CT molecular complexity index is 202. The first-order chi connectivity index (χ1) is 6.68. The molecule has 82 valence electrons. The molecule has 0 radical (unpaired) electrons. The van der Waals surface area contributed by atoms with E-state index in [-0.39, 0.29) is 0 Å². The molecule has 4 heteroatoms. The summed E-state index contributed by atoms with van der Waals surface area (Å²) in [6.07, 6.45) is 6.63. The van der Waals surface area contributed by atoms with Gasteiger partial charge in [0, 0.05) is 12.8 Å². The molecular formula is C10H17ClO3. The maximum atomic E-state index is 5.83. The SMILES string of the molecule is CC1(CCl)OOC2(CCCCCC2)O1. The van der Waals surface area contributed by atoms with Gasteiger partial charge in [-0.05, 0) is 19.8 Å². The Balaban J connectivity index is 2.03. The summed E-state index contributed by atoms with van der Waals surface area (Å²) in [5.41, 5.74) is 0. The Hall–Kier alpha value is 0.170. The number of halogens is 1. The van der Waals surface area contributed by atoms with Crippen molar-refractivity contribution in [2.45, 2.75) is 57.0 Å². The van der Waals surface area contributed by atoms with E-state index in [0.29, 0.717) is 5.88 Å². The minimum absolute atomic E-state index is 0.300. The van der Waals surface area contributed by atoms with Crippen molar-refractivity contribution in [3.05, 3.63) is 0 Å². The first-order valence-corrected chi connectivity index (χ1v) is 5.85. The van der Waals surface area contributed by atoms with Crippen LogP contribution >= 0.6 is 11.6 Å². The lowest BCUT2D eigenvalue weighted by Gasteiger charge is -2.24. The lowest BCUT2D eigenvalue weighted by molar-refractivity contribution is -0.346. The fourth-order valence-corrected chi connectivity index (χ4v) is 2.19. The molecule has 0 N–H and O–H groups in total. The summed E-state index contributed by atoms with van der Waals surface area (Å²) < 4.78 is 5.83. The van der Waals surface area contributed by atoms with Gasteiger partial charge in [-0.3, -0.25) is 0 Å². The molecule has 0 bridgehead atoms. The molecule has 0 aromatic rings. The van der Waals surface area contributed by atoms with Crippen LogP contribution in [0.1, 0.15) is 45.4 Å². The van der Waals surface area contributed by atoms with Crippen molar-refractivity contribution in [3.63, 3.8) is 0 Å². The molecule has 1 unspecified atom stereocenters. The maximum absolute atomic E-state index is 5.83. The largest absolute Gasteiger partial charge is 0.311 e. The zero-order chi connectivity index (χ0) is 10.1. The van der Waals surface area contributed by atoms with E-state index in [1.807, 2.05) is 6.92 Å². The van der Waals surface area contributed by atoms with Crippen LogP contribution in [0, 0.1) is 0 Å². The summed E-state index contributed by atoms with van der Waals surface area (Å²) in [6.45, 7) is 1.82. The van der Waals surface area contributed by atoms with E-state index in [9.17, 15) is 0 Å². The molecule has 0 aromatic carbocycles. The second-order valence-corrected chi connectivity index (χ2v) is 4.63. The number of hydrogen-bond acceptors (Lipinski definition) is 3. The molecule has 2 aliphatic rings. The third-order valence-electron chi connectivity index (χ3n) is 2.88. The molecule has 1 spiro atoms. The molecule has 2 fully saturated rings. The molecule has 1 atom stereocenters. The predicted molar refractivity (Wildman–Crippen MR) is 52.8 cm³/mol. The quantitative estimate of drug-likeness (QED) is 0.502. The second-order valence-electron chi connectivity index (χ2n) is 4.36. The Morgan fingerprint density at radius 2 is 1.71 bits per heavy atom. The van der Waals surface area contributed by atoms with Gasteiger partial charge in [-0.2, -0.15) is 9.78 Å². The van der Waals surface area contributed by atoms with Crippen molar-refractivity contribution in [3.8, 4) is 0 Å². The number of rotatable bonds is 1. The van der Waals surface area contributed by atoms with Gasteiger partial charge >= 0.3 is 0 Å². The summed E-state index contributed by atoms with van der Waals surface area (Å²) in [7, 11) is 0. The van der Waals surface area contributed by atoms with Crippen LogP contribution in [0.4, 0.5) is 0 Å². The zero-order valence-corrected chi connectivity index (χ0v) is 9.31. The van der Waals surface area contributed by atoms with Gasteiger partial charge in [-0.1, -0.05) is 12.8 Å². The lowest BCUT2D eigenvalue weighted by Crippen LogP contribution is -2.35. The van der Waals surface area contributed by atoms with Crippen LogP contribution in [0.15, 0.2) is 0 Å². The average molecular weight is 221 g/mol. The van der Waals surface area contributed by atoms with Crippen LogP contribution in [0.3, 0.4) is 0 Å². The van der Waals surface area contributed by atoms with Crippen molar-refractivity contribution < 1.29 is 14.5 Å². The van der Waals surface area contributed by atoms with Crippen LogP contribution in [0.5, 0.6) is 0 Å². The van der Waals surface area contributed by atoms with E-state index in [0.717, 1.165) is 25.7 Å². The van der Waals surface area contributed by atoms with Crippen molar-refractivity contribution in [2.24, 2.45) is 0 Å². The maximum Gasteiger partial charge on any atom is 0.215 e. The monoisotopic (exact) mass is 220 g/mol. The van der Waals surface area contributed by atoms with Crippen molar-refractivity contribution >= 4 is 11.6 Å². The van der Waals surface area contributed by atoms with Gasteiger partial charge in [0.05, 0.1) is 5.88 Å². The highest BCUT2D eigenvalue weighted by atomic mass is 35.5. The Morgan fingerprint density at radius 1 is 1.07 bits per heavy atom. The van der Waals surface area contributed by atoms with Crippen LogP contribution in [-0.4, -0.2) is 17.5 Å². The van der Waals surface area contributed by atoms with E-state index in [4.69, 9.17) is 26.1 Å². The highest BCUT2D eigenvalue weighted by molar-refractivity contribution is 6.18. The molecule has 0 amide bonds. The fraction of sp³-hybridized carbons (Fsp3) is 1.00. The van der Waals surface area contributed by atoms with Crippen LogP contribution in [-0.2, 0) is 14.5 Å². The van der Waals surface area contributed by atoms with Gasteiger partial charge in [-0.15, -0.1) is 11.6 Å². The molecule has 1 heterocycles. The van der Waals surface area contributed by atoms with Crippen LogP contribution < -0.4 is 0 Å². The Kier molecular flexibility index (Phi) is 3.03. The predicted octanol–water partition coefficient (Wildman–Crippen LogP) is 2.97. The highest BCUT2D eigenvalue weighted by Gasteiger charge is 2.49. The standard InChI is InChI=1S/C10H17ClO3/c1-9(8-11)12-10(14-13-9)6-4-2-3-5-7-10/h2-8H2,1H3. The van der Waals surface area contributed by atoms with Gasteiger partial charge in [0.25, 0.3) is 0 Å². The summed E-state index contributed by atoms with van der Waals surface area (Å²) in [6, 6.07) is 0. The average Bonchev–Trinajstić information content (AvgIpc) is 2.36. The number of ether oxygens (including phenoxy) is 1. The second kappa shape index (κ2) is 3.97. The van der Waals surface area contributed by atoms with Crippen LogP contribution in [0.2, 0.25) is 0 Å². The third-order valence-corrected chi connectivity index (χ3v) is 3.37. The van der Waals surface area contributed by atoms with Gasteiger partial charge in [0.2, 0.25) is 11.6 Å². The van der Waals surface area contributed by atoms with E-state index < -0.39 is 11.6 Å². The van der Waals surface area contributed by atoms with Gasteiger partial charge < -0.3 is 4.74 Å². The Morgan fingerprint density at radius 3 is 2.21 bits per heavy atom. The first-order valence-electron chi connectivity index (χ1n) is 5.31. The molecule has 3 nitrogen and oxygen atoms in total. The number of alkyl halides is 1. The minimum atomic E-state index is -0.758. The third kappa shape index (κ3) is 2.06. The number of hydrogen-bond donors (Lipinski definition) is 0. The molecular weight excluding hydrogens is 204 g/mol. The summed E-state index contributed by atoms with van der Waals surface area (Å²) in [4.78, 5) is 10.5. The van der Waals surface area contributed by atoms with Crippen molar-refractivity contribution in [2.75, 3.05) is 5.88 Å². The Labute approximate surface area is 89.6 Å². The molecule has 2 rings (SSSR count). The fourth-order valence-electron chi connectivity index (χ4n) is 2.09. The minimum Gasteiger partial charge on any atom is -0.311 e. The zero-order valence-electron chi connectivity index (χ0n) is 8.55. The molecule has 1 saturated carbocycles. The van der Waals surface area contributed by atoms with E-state index in [2.05, 4.69) is 0 Å². The molecule has 1 aliphatic heterocycles. The van der Waals surface area contributed by atoms with E-state index in [1.165, 1.54) is 12.8 Å². The van der Waals surface area contributed by atoms with Crippen LogP contribution in [0.25, 0.3) is 0 Å². The topological polar surface area (TPSA) is 27.7 Å². The lowest BCUT2D eigenvalue weighted by atomic mass is 10.1. The molecule has 1 aliphatic carbocycles. The van der Waals surface area contributed by atoms with Gasteiger partial charge in [0.1, 0.15) is 0 Å². The van der Waals surface area contributed by atoms with Crippen molar-refractivity contribution in [1.29, 1.82) is 0 Å².